The van der Waals surface area contributed by atoms with Gasteiger partial charge in [0.25, 0.3) is 5.91 Å². The highest BCUT2D eigenvalue weighted by Crippen LogP contribution is 2.21. The van der Waals surface area contributed by atoms with Gasteiger partial charge in [-0.15, -0.1) is 0 Å². The van der Waals surface area contributed by atoms with Gasteiger partial charge in [-0.2, -0.15) is 0 Å². The van der Waals surface area contributed by atoms with Gasteiger partial charge in [-0.3, -0.25) is 4.79 Å². The molecule has 0 saturated carbocycles. The number of furan rings is 1. The van der Waals surface area contributed by atoms with Gasteiger partial charge in [0.15, 0.2) is 0 Å². The Labute approximate surface area is 125 Å². The first-order chi connectivity index (χ1) is 10.1. The molecule has 2 aromatic rings. The van der Waals surface area contributed by atoms with Crippen LogP contribution in [-0.2, 0) is 0 Å². The molecule has 0 radical (unpaired) electrons. The number of benzene rings is 1. The first-order valence-electron chi connectivity index (χ1n) is 7.08. The highest BCUT2D eigenvalue weighted by atomic mass is 16.5. The highest BCUT2D eigenvalue weighted by molar-refractivity contribution is 5.94. The van der Waals surface area contributed by atoms with Crippen LogP contribution in [0.1, 0.15) is 40.9 Å². The summed E-state index contributed by atoms with van der Waals surface area (Å²) >= 11 is 0. The van der Waals surface area contributed by atoms with E-state index < -0.39 is 0 Å². The van der Waals surface area contributed by atoms with E-state index in [9.17, 15) is 4.79 Å². The lowest BCUT2D eigenvalue weighted by Crippen LogP contribution is -2.25. The van der Waals surface area contributed by atoms with Gasteiger partial charge in [-0.25, -0.2) is 0 Å². The van der Waals surface area contributed by atoms with Crippen molar-refractivity contribution in [1.82, 2.24) is 5.32 Å². The number of methoxy groups -OCH3 is 1. The molecule has 0 aliphatic carbocycles. The molecule has 1 heterocycles. The van der Waals surface area contributed by atoms with Crippen molar-refractivity contribution in [2.75, 3.05) is 13.7 Å². The monoisotopic (exact) mass is 287 g/mol. The summed E-state index contributed by atoms with van der Waals surface area (Å²) in [5.74, 6) is 1.80. The van der Waals surface area contributed by atoms with E-state index in [1.165, 1.54) is 11.8 Å². The van der Waals surface area contributed by atoms with E-state index >= 15 is 0 Å². The maximum atomic E-state index is 11.9. The average Bonchev–Trinajstić information content (AvgIpc) is 2.93. The summed E-state index contributed by atoms with van der Waals surface area (Å²) in [5, 5.41) is 2.93. The molecule has 0 unspecified atom stereocenters. The van der Waals surface area contributed by atoms with E-state index in [-0.39, 0.29) is 5.91 Å². The van der Waals surface area contributed by atoms with Crippen LogP contribution in [0.2, 0.25) is 0 Å². The molecule has 4 heteroatoms. The molecule has 1 atom stereocenters. The van der Waals surface area contributed by atoms with Crippen LogP contribution < -0.4 is 10.1 Å². The molecule has 0 aliphatic rings. The van der Waals surface area contributed by atoms with Crippen molar-refractivity contribution in [1.29, 1.82) is 0 Å². The fourth-order valence-corrected chi connectivity index (χ4v) is 2.22. The number of aryl methyl sites for hydroxylation is 1. The van der Waals surface area contributed by atoms with Gasteiger partial charge in [0.2, 0.25) is 0 Å². The van der Waals surface area contributed by atoms with Gasteiger partial charge in [0, 0.05) is 6.54 Å². The average molecular weight is 287 g/mol. The summed E-state index contributed by atoms with van der Waals surface area (Å²) < 4.78 is 10.3. The van der Waals surface area contributed by atoms with Crippen molar-refractivity contribution >= 4 is 5.91 Å². The standard InChI is InChI=1S/C17H21NO3/c1-12(14-4-6-15(20-3)7-5-14)8-10-18-17(19)16-9-11-21-13(16)2/h4-7,9,11-12H,8,10H2,1-3H3,(H,18,19)/t12-/m1/s1. The van der Waals surface area contributed by atoms with E-state index in [4.69, 9.17) is 9.15 Å². The predicted octanol–water partition coefficient (Wildman–Crippen LogP) is 3.52. The van der Waals surface area contributed by atoms with Gasteiger partial charge >= 0.3 is 0 Å². The summed E-state index contributed by atoms with van der Waals surface area (Å²) in [5.41, 5.74) is 1.84. The maximum absolute atomic E-state index is 11.9. The van der Waals surface area contributed by atoms with Crippen molar-refractivity contribution in [2.24, 2.45) is 0 Å². The molecule has 4 nitrogen and oxygen atoms in total. The molecule has 0 saturated heterocycles. The molecule has 1 amide bonds. The third-order valence-electron chi connectivity index (χ3n) is 3.65. The first-order valence-corrected chi connectivity index (χ1v) is 7.08. The quantitative estimate of drug-likeness (QED) is 0.884. The fraction of sp³-hybridized carbons (Fsp3) is 0.353. The molecule has 2 rings (SSSR count). The summed E-state index contributed by atoms with van der Waals surface area (Å²) in [4.78, 5) is 11.9. The number of hydrogen-bond donors (Lipinski definition) is 1. The Kier molecular flexibility index (Phi) is 5.04. The van der Waals surface area contributed by atoms with Crippen LogP contribution in [0.3, 0.4) is 0 Å². The normalized spacial score (nSPS) is 12.0. The number of carbonyl (C=O) groups excluding carboxylic acids is 1. The minimum atomic E-state index is -0.0804. The summed E-state index contributed by atoms with van der Waals surface area (Å²) in [6.07, 6.45) is 2.42. The van der Waals surface area contributed by atoms with Crippen molar-refractivity contribution in [3.8, 4) is 5.75 Å². The molecule has 1 N–H and O–H groups in total. The van der Waals surface area contributed by atoms with Crippen LogP contribution in [0.4, 0.5) is 0 Å². The van der Waals surface area contributed by atoms with Gasteiger partial charge in [-0.05, 0) is 43.0 Å². The van der Waals surface area contributed by atoms with Gasteiger partial charge < -0.3 is 14.5 Å². The maximum Gasteiger partial charge on any atom is 0.254 e. The largest absolute Gasteiger partial charge is 0.497 e. The zero-order chi connectivity index (χ0) is 15.2. The smallest absolute Gasteiger partial charge is 0.254 e. The molecule has 21 heavy (non-hydrogen) atoms. The van der Waals surface area contributed by atoms with Gasteiger partial charge in [0.1, 0.15) is 11.5 Å². The van der Waals surface area contributed by atoms with Crippen molar-refractivity contribution in [2.45, 2.75) is 26.2 Å². The van der Waals surface area contributed by atoms with Crippen LogP contribution in [-0.4, -0.2) is 19.6 Å². The number of nitrogens with one attached hydrogen (secondary N) is 1. The fourth-order valence-electron chi connectivity index (χ4n) is 2.22. The third kappa shape index (κ3) is 3.88. The molecular weight excluding hydrogens is 266 g/mol. The number of carbonyl (C=O) groups is 1. The van der Waals surface area contributed by atoms with Crippen LogP contribution in [0.5, 0.6) is 5.75 Å². The minimum Gasteiger partial charge on any atom is -0.497 e. The molecule has 0 fully saturated rings. The summed E-state index contributed by atoms with van der Waals surface area (Å²) in [7, 11) is 1.66. The molecule has 1 aromatic heterocycles. The molecular formula is C17H21NO3. The van der Waals surface area contributed by atoms with Crippen molar-refractivity contribution in [3.05, 3.63) is 53.5 Å². The lowest BCUT2D eigenvalue weighted by atomic mass is 9.98. The van der Waals surface area contributed by atoms with E-state index in [2.05, 4.69) is 24.4 Å². The zero-order valence-electron chi connectivity index (χ0n) is 12.7. The highest BCUT2D eigenvalue weighted by Gasteiger charge is 2.11. The zero-order valence-corrected chi connectivity index (χ0v) is 12.7. The number of ether oxygens (including phenoxy) is 1. The van der Waals surface area contributed by atoms with Crippen LogP contribution in [0.15, 0.2) is 41.0 Å². The van der Waals surface area contributed by atoms with Crippen LogP contribution in [0.25, 0.3) is 0 Å². The predicted molar refractivity (Wildman–Crippen MR) is 81.8 cm³/mol. The molecule has 1 aromatic carbocycles. The summed E-state index contributed by atoms with van der Waals surface area (Å²) in [6.45, 7) is 4.57. The lowest BCUT2D eigenvalue weighted by molar-refractivity contribution is 0.0951. The summed E-state index contributed by atoms with van der Waals surface area (Å²) in [6, 6.07) is 9.73. The number of hydrogen-bond acceptors (Lipinski definition) is 3. The molecule has 0 spiro atoms. The van der Waals surface area contributed by atoms with Crippen molar-refractivity contribution < 1.29 is 13.9 Å². The van der Waals surface area contributed by atoms with E-state index in [1.807, 2.05) is 12.1 Å². The van der Waals surface area contributed by atoms with Crippen molar-refractivity contribution in [3.63, 3.8) is 0 Å². The topological polar surface area (TPSA) is 51.5 Å². The SMILES string of the molecule is COc1ccc([C@H](C)CCNC(=O)c2ccoc2C)cc1. The van der Waals surface area contributed by atoms with Gasteiger partial charge in [0.05, 0.1) is 18.9 Å². The Morgan fingerprint density at radius 1 is 1.29 bits per heavy atom. The van der Waals surface area contributed by atoms with Gasteiger partial charge in [-0.1, -0.05) is 19.1 Å². The second-order valence-corrected chi connectivity index (χ2v) is 5.11. The third-order valence-corrected chi connectivity index (χ3v) is 3.65. The van der Waals surface area contributed by atoms with E-state index in [0.29, 0.717) is 23.8 Å². The van der Waals surface area contributed by atoms with E-state index in [1.54, 1.807) is 20.1 Å². The first kappa shape index (κ1) is 15.2. The second kappa shape index (κ2) is 6.97. The molecule has 0 aliphatic heterocycles. The molecule has 112 valence electrons. The minimum absolute atomic E-state index is 0.0804. The second-order valence-electron chi connectivity index (χ2n) is 5.11. The Morgan fingerprint density at radius 2 is 2.00 bits per heavy atom. The number of rotatable bonds is 6. The Bertz CT molecular complexity index is 586. The van der Waals surface area contributed by atoms with Crippen LogP contribution >= 0.6 is 0 Å². The lowest BCUT2D eigenvalue weighted by Gasteiger charge is -2.13. The number of amides is 1. The Balaban J connectivity index is 1.82. The van der Waals surface area contributed by atoms with E-state index in [0.717, 1.165) is 12.2 Å². The molecule has 0 bridgehead atoms. The Morgan fingerprint density at radius 3 is 2.57 bits per heavy atom. The van der Waals surface area contributed by atoms with Crippen LogP contribution in [0, 0.1) is 6.92 Å². The Hall–Kier alpha value is -2.23.